The molecule has 0 radical (unpaired) electrons. The van der Waals surface area contributed by atoms with Crippen molar-refractivity contribution in [3.05, 3.63) is 35.4 Å². The molecule has 4 N–H and O–H groups in total. The maximum atomic E-state index is 9.19. The second-order valence-electron chi connectivity index (χ2n) is 6.26. The van der Waals surface area contributed by atoms with Crippen LogP contribution in [0.4, 0.5) is 0 Å². The van der Waals surface area contributed by atoms with Crippen LogP contribution in [0.15, 0.2) is 24.3 Å². The molecule has 1 aliphatic rings. The van der Waals surface area contributed by atoms with E-state index in [-0.39, 0.29) is 13.2 Å². The minimum atomic E-state index is -0.859. The average Bonchev–Trinajstić information content (AvgIpc) is 2.54. The van der Waals surface area contributed by atoms with Crippen molar-refractivity contribution in [1.82, 2.24) is 0 Å². The lowest BCUT2D eigenvalue weighted by Crippen LogP contribution is -2.47. The summed E-state index contributed by atoms with van der Waals surface area (Å²) in [6, 6.07) is 8.81. The first kappa shape index (κ1) is 15.5. The Bertz CT molecular complexity index is 392. The van der Waals surface area contributed by atoms with Gasteiger partial charge in [0.05, 0.1) is 18.8 Å². The Balaban J connectivity index is 1.91. The van der Waals surface area contributed by atoms with Gasteiger partial charge in [-0.15, -0.1) is 0 Å². The summed E-state index contributed by atoms with van der Waals surface area (Å²) in [5.74, 6) is 0.737. The zero-order valence-electron chi connectivity index (χ0n) is 12.2. The van der Waals surface area contributed by atoms with E-state index in [9.17, 15) is 10.2 Å². The average molecular weight is 277 g/mol. The summed E-state index contributed by atoms with van der Waals surface area (Å²) in [7, 11) is 0. The number of aliphatic hydroxyl groups excluding tert-OH is 2. The molecule has 112 valence electrons. The first-order valence-corrected chi connectivity index (χ1v) is 7.76. The lowest BCUT2D eigenvalue weighted by atomic mass is 9.83. The van der Waals surface area contributed by atoms with Crippen LogP contribution >= 0.6 is 0 Å². The van der Waals surface area contributed by atoms with E-state index >= 15 is 0 Å². The van der Waals surface area contributed by atoms with E-state index < -0.39 is 5.54 Å². The van der Waals surface area contributed by atoms with Gasteiger partial charge in [-0.1, -0.05) is 43.5 Å². The topological polar surface area (TPSA) is 66.5 Å². The predicted molar refractivity (Wildman–Crippen MR) is 81.7 cm³/mol. The fourth-order valence-electron chi connectivity index (χ4n) is 2.99. The number of nitrogens with two attached hydrogens (primary N) is 1. The summed E-state index contributed by atoms with van der Waals surface area (Å²) in [6.45, 7) is -0.354. The fraction of sp³-hybridized carbons (Fsp3) is 0.647. The highest BCUT2D eigenvalue weighted by Gasteiger charge is 2.22. The van der Waals surface area contributed by atoms with Gasteiger partial charge in [0.15, 0.2) is 0 Å². The summed E-state index contributed by atoms with van der Waals surface area (Å²) in [4.78, 5) is 0. The van der Waals surface area contributed by atoms with Crippen LogP contribution < -0.4 is 5.73 Å². The standard InChI is InChI=1S/C17H27NO2/c18-17(12-19,13-20)11-10-14-6-8-16(9-7-14)15-4-2-1-3-5-15/h6-9,15,19-20H,1-5,10-13,18H2. The van der Waals surface area contributed by atoms with Crippen molar-refractivity contribution in [2.45, 2.75) is 56.4 Å². The molecule has 0 spiro atoms. The van der Waals surface area contributed by atoms with Crippen LogP contribution in [-0.4, -0.2) is 29.0 Å². The summed E-state index contributed by atoms with van der Waals surface area (Å²) >= 11 is 0. The fourth-order valence-corrected chi connectivity index (χ4v) is 2.99. The molecule has 0 aliphatic heterocycles. The number of hydrogen-bond acceptors (Lipinski definition) is 3. The van der Waals surface area contributed by atoms with Crippen molar-refractivity contribution in [1.29, 1.82) is 0 Å². The molecular weight excluding hydrogens is 250 g/mol. The second kappa shape index (κ2) is 7.21. The Labute approximate surface area is 121 Å². The third-order valence-corrected chi connectivity index (χ3v) is 4.60. The number of rotatable bonds is 6. The molecule has 0 atom stereocenters. The Morgan fingerprint density at radius 1 is 1.00 bits per heavy atom. The van der Waals surface area contributed by atoms with E-state index in [2.05, 4.69) is 24.3 Å². The van der Waals surface area contributed by atoms with Crippen LogP contribution in [-0.2, 0) is 6.42 Å². The minimum absolute atomic E-state index is 0.177. The zero-order chi connectivity index (χ0) is 14.4. The molecule has 3 nitrogen and oxygen atoms in total. The monoisotopic (exact) mass is 277 g/mol. The maximum absolute atomic E-state index is 9.19. The molecule has 1 aliphatic carbocycles. The van der Waals surface area contributed by atoms with Crippen molar-refractivity contribution in [3.8, 4) is 0 Å². The van der Waals surface area contributed by atoms with E-state index in [0.717, 1.165) is 12.3 Å². The molecule has 3 heteroatoms. The van der Waals surface area contributed by atoms with Gasteiger partial charge in [-0.2, -0.15) is 0 Å². The van der Waals surface area contributed by atoms with Crippen LogP contribution in [0.25, 0.3) is 0 Å². The lowest BCUT2D eigenvalue weighted by Gasteiger charge is -2.25. The van der Waals surface area contributed by atoms with Crippen LogP contribution in [0.5, 0.6) is 0 Å². The van der Waals surface area contributed by atoms with Crippen molar-refractivity contribution < 1.29 is 10.2 Å². The molecule has 0 heterocycles. The van der Waals surface area contributed by atoms with E-state index in [1.54, 1.807) is 0 Å². The largest absolute Gasteiger partial charge is 0.394 e. The van der Waals surface area contributed by atoms with E-state index in [1.807, 2.05) is 0 Å². The molecule has 1 aromatic carbocycles. The van der Waals surface area contributed by atoms with Gasteiger partial charge in [0.25, 0.3) is 0 Å². The van der Waals surface area contributed by atoms with Gasteiger partial charge in [0.2, 0.25) is 0 Å². The molecule has 1 fully saturated rings. The Morgan fingerprint density at radius 3 is 2.15 bits per heavy atom. The van der Waals surface area contributed by atoms with Gasteiger partial charge in [-0.05, 0) is 42.7 Å². The highest BCUT2D eigenvalue weighted by Crippen LogP contribution is 2.32. The first-order valence-electron chi connectivity index (χ1n) is 7.76. The van der Waals surface area contributed by atoms with Crippen molar-refractivity contribution in [2.24, 2.45) is 5.73 Å². The van der Waals surface area contributed by atoms with Crippen LogP contribution in [0.1, 0.15) is 55.6 Å². The predicted octanol–water partition coefficient (Wildman–Crippen LogP) is 2.35. The molecule has 0 unspecified atom stereocenters. The van der Waals surface area contributed by atoms with Gasteiger partial charge < -0.3 is 15.9 Å². The van der Waals surface area contributed by atoms with Crippen LogP contribution in [0.3, 0.4) is 0 Å². The zero-order valence-corrected chi connectivity index (χ0v) is 12.2. The summed E-state index contributed by atoms with van der Waals surface area (Å²) < 4.78 is 0. The SMILES string of the molecule is NC(CO)(CO)CCc1ccc(C2CCCCC2)cc1. The van der Waals surface area contributed by atoms with Gasteiger partial charge in [-0.25, -0.2) is 0 Å². The third-order valence-electron chi connectivity index (χ3n) is 4.60. The van der Waals surface area contributed by atoms with Crippen molar-refractivity contribution in [3.63, 3.8) is 0 Å². The quantitative estimate of drug-likeness (QED) is 0.748. The molecule has 2 rings (SSSR count). The highest BCUT2D eigenvalue weighted by atomic mass is 16.3. The molecule has 0 aromatic heterocycles. The number of aliphatic hydroxyl groups is 2. The Kier molecular flexibility index (Phi) is 5.58. The Hall–Kier alpha value is -0.900. The summed E-state index contributed by atoms with van der Waals surface area (Å²) in [5, 5.41) is 18.4. The van der Waals surface area contributed by atoms with Gasteiger partial charge in [-0.3, -0.25) is 0 Å². The molecule has 1 saturated carbocycles. The van der Waals surface area contributed by atoms with Crippen molar-refractivity contribution in [2.75, 3.05) is 13.2 Å². The molecule has 0 amide bonds. The van der Waals surface area contributed by atoms with Crippen molar-refractivity contribution >= 4 is 0 Å². The first-order chi connectivity index (χ1) is 9.67. The van der Waals surface area contributed by atoms with E-state index in [1.165, 1.54) is 43.2 Å². The van der Waals surface area contributed by atoms with Gasteiger partial charge in [0, 0.05) is 0 Å². The smallest absolute Gasteiger partial charge is 0.0633 e. The third kappa shape index (κ3) is 4.05. The molecular formula is C17H27NO2. The van der Waals surface area contributed by atoms with E-state index in [0.29, 0.717) is 6.42 Å². The van der Waals surface area contributed by atoms with Gasteiger partial charge >= 0.3 is 0 Å². The maximum Gasteiger partial charge on any atom is 0.0633 e. The lowest BCUT2D eigenvalue weighted by molar-refractivity contribution is 0.115. The molecule has 0 bridgehead atoms. The van der Waals surface area contributed by atoms with Crippen LogP contribution in [0, 0.1) is 0 Å². The number of hydrogen-bond donors (Lipinski definition) is 3. The Morgan fingerprint density at radius 2 is 1.60 bits per heavy atom. The summed E-state index contributed by atoms with van der Waals surface area (Å²) in [5.41, 5.74) is 7.71. The second-order valence-corrected chi connectivity index (χ2v) is 6.26. The van der Waals surface area contributed by atoms with E-state index in [4.69, 9.17) is 5.73 Å². The number of benzene rings is 1. The number of aryl methyl sites for hydroxylation is 1. The molecule has 1 aromatic rings. The van der Waals surface area contributed by atoms with Crippen LogP contribution in [0.2, 0.25) is 0 Å². The molecule has 0 saturated heterocycles. The summed E-state index contributed by atoms with van der Waals surface area (Å²) in [6.07, 6.45) is 8.13. The van der Waals surface area contributed by atoms with Gasteiger partial charge in [0.1, 0.15) is 0 Å². The minimum Gasteiger partial charge on any atom is -0.394 e. The molecule has 20 heavy (non-hydrogen) atoms. The highest BCUT2D eigenvalue weighted by molar-refractivity contribution is 5.26. The normalized spacial score (nSPS) is 17.4.